The molecule has 0 aliphatic carbocycles. The molecule has 2 aromatic heterocycles. The summed E-state index contributed by atoms with van der Waals surface area (Å²) in [5.74, 6) is 0.0588. The normalized spacial score (nSPS) is 10.9. The second-order valence-corrected chi connectivity index (χ2v) is 3.25. The fraction of sp³-hybridized carbons (Fsp3) is 0. The molecule has 0 fully saturated rings. The minimum Gasteiger partial charge on any atom is -0.493 e. The van der Waals surface area contributed by atoms with E-state index in [-0.39, 0.29) is 5.88 Å². The van der Waals surface area contributed by atoms with Crippen LogP contribution in [0.5, 0.6) is 5.88 Å². The first-order chi connectivity index (χ1) is 4.79. The molecule has 52 valence electrons. The van der Waals surface area contributed by atoms with Crippen LogP contribution in [-0.4, -0.2) is 10.1 Å². The second kappa shape index (κ2) is 1.90. The number of thiophene rings is 1. The number of halogens is 1. The van der Waals surface area contributed by atoms with E-state index < -0.39 is 0 Å². The molecule has 2 rings (SSSR count). The van der Waals surface area contributed by atoms with E-state index in [9.17, 15) is 0 Å². The summed E-state index contributed by atoms with van der Waals surface area (Å²) in [5, 5.41) is 11.4. The molecule has 0 aliphatic rings. The molecule has 0 unspecified atom stereocenters. The van der Waals surface area contributed by atoms with Gasteiger partial charge in [-0.15, -0.1) is 11.3 Å². The standard InChI is InChI=1S/C6H4ClNOS/c7-4-5-3(1-2-10-5)8-6(4)9/h1-2,8-9H. The quantitative estimate of drug-likeness (QED) is 0.631. The lowest BCUT2D eigenvalue weighted by Crippen LogP contribution is -1.58. The first kappa shape index (κ1) is 6.07. The van der Waals surface area contributed by atoms with Crippen molar-refractivity contribution in [2.24, 2.45) is 0 Å². The Bertz CT molecular complexity index is 365. The molecular formula is C6H4ClNOS. The summed E-state index contributed by atoms with van der Waals surface area (Å²) in [7, 11) is 0. The number of aromatic amines is 1. The van der Waals surface area contributed by atoms with Crippen molar-refractivity contribution in [2.75, 3.05) is 0 Å². The van der Waals surface area contributed by atoms with E-state index in [2.05, 4.69) is 4.98 Å². The van der Waals surface area contributed by atoms with Gasteiger partial charge in [0.05, 0.1) is 10.2 Å². The zero-order valence-electron chi connectivity index (χ0n) is 4.89. The number of nitrogens with one attached hydrogen (secondary N) is 1. The molecule has 0 spiro atoms. The van der Waals surface area contributed by atoms with E-state index in [1.807, 2.05) is 11.4 Å². The van der Waals surface area contributed by atoms with Crippen LogP contribution < -0.4 is 0 Å². The van der Waals surface area contributed by atoms with Crippen molar-refractivity contribution in [3.63, 3.8) is 0 Å². The summed E-state index contributed by atoms with van der Waals surface area (Å²) in [4.78, 5) is 2.74. The summed E-state index contributed by atoms with van der Waals surface area (Å²) in [6.07, 6.45) is 0. The first-order valence-corrected chi connectivity index (χ1v) is 3.98. The van der Waals surface area contributed by atoms with Gasteiger partial charge in [-0.1, -0.05) is 11.6 Å². The Hall–Kier alpha value is -0.670. The van der Waals surface area contributed by atoms with E-state index >= 15 is 0 Å². The fourth-order valence-corrected chi connectivity index (χ4v) is 1.94. The van der Waals surface area contributed by atoms with Crippen LogP contribution in [0.4, 0.5) is 0 Å². The summed E-state index contributed by atoms with van der Waals surface area (Å²) >= 11 is 7.22. The van der Waals surface area contributed by atoms with Crippen LogP contribution in [0.1, 0.15) is 0 Å². The van der Waals surface area contributed by atoms with Crippen molar-refractivity contribution in [1.29, 1.82) is 0 Å². The third-order valence-corrected chi connectivity index (χ3v) is 2.74. The molecule has 0 aromatic carbocycles. The molecule has 2 nitrogen and oxygen atoms in total. The molecule has 2 aromatic rings. The van der Waals surface area contributed by atoms with E-state index in [1.165, 1.54) is 11.3 Å². The van der Waals surface area contributed by atoms with Crippen LogP contribution in [0.15, 0.2) is 11.4 Å². The van der Waals surface area contributed by atoms with E-state index in [0.29, 0.717) is 5.02 Å². The molecule has 0 saturated heterocycles. The average Bonchev–Trinajstić information content (AvgIpc) is 2.41. The highest BCUT2D eigenvalue weighted by molar-refractivity contribution is 7.17. The number of aromatic hydroxyl groups is 1. The molecule has 0 radical (unpaired) electrons. The van der Waals surface area contributed by atoms with Crippen LogP contribution in [0.2, 0.25) is 5.02 Å². The van der Waals surface area contributed by atoms with Crippen LogP contribution in [0.25, 0.3) is 10.2 Å². The third kappa shape index (κ3) is 0.646. The Morgan fingerprint density at radius 1 is 1.60 bits per heavy atom. The van der Waals surface area contributed by atoms with E-state index in [4.69, 9.17) is 16.7 Å². The molecule has 0 atom stereocenters. The first-order valence-electron chi connectivity index (χ1n) is 2.72. The lowest BCUT2D eigenvalue weighted by Gasteiger charge is -1.80. The number of hydrogen-bond acceptors (Lipinski definition) is 2. The Kier molecular flexibility index (Phi) is 1.16. The minimum absolute atomic E-state index is 0.0588. The average molecular weight is 174 g/mol. The largest absolute Gasteiger partial charge is 0.493 e. The van der Waals surface area contributed by atoms with Crippen molar-refractivity contribution < 1.29 is 5.11 Å². The molecule has 0 amide bonds. The van der Waals surface area contributed by atoms with Crippen molar-refractivity contribution in [2.45, 2.75) is 0 Å². The van der Waals surface area contributed by atoms with E-state index in [0.717, 1.165) is 10.2 Å². The lowest BCUT2D eigenvalue weighted by atomic mass is 10.5. The predicted molar refractivity (Wildman–Crippen MR) is 42.9 cm³/mol. The van der Waals surface area contributed by atoms with Gasteiger partial charge in [-0.3, -0.25) is 0 Å². The molecule has 10 heavy (non-hydrogen) atoms. The monoisotopic (exact) mass is 173 g/mol. The number of fused-ring (bicyclic) bond motifs is 1. The van der Waals surface area contributed by atoms with Gasteiger partial charge in [-0.25, -0.2) is 0 Å². The van der Waals surface area contributed by atoms with E-state index in [1.54, 1.807) is 0 Å². The van der Waals surface area contributed by atoms with Gasteiger partial charge < -0.3 is 10.1 Å². The smallest absolute Gasteiger partial charge is 0.209 e. The highest BCUT2D eigenvalue weighted by Gasteiger charge is 2.07. The highest BCUT2D eigenvalue weighted by Crippen LogP contribution is 2.35. The van der Waals surface area contributed by atoms with Gasteiger partial charge in [0.15, 0.2) is 0 Å². The summed E-state index contributed by atoms with van der Waals surface area (Å²) in [6.45, 7) is 0. The van der Waals surface area contributed by atoms with Gasteiger partial charge in [0.25, 0.3) is 0 Å². The van der Waals surface area contributed by atoms with Gasteiger partial charge in [0, 0.05) is 0 Å². The maximum atomic E-state index is 9.05. The highest BCUT2D eigenvalue weighted by atomic mass is 35.5. The Balaban J connectivity index is 2.95. The molecule has 2 N–H and O–H groups in total. The Morgan fingerprint density at radius 3 is 3.10 bits per heavy atom. The predicted octanol–water partition coefficient (Wildman–Crippen LogP) is 2.59. The minimum atomic E-state index is 0.0588. The molecule has 0 bridgehead atoms. The van der Waals surface area contributed by atoms with Gasteiger partial charge in [0.1, 0.15) is 5.02 Å². The summed E-state index contributed by atoms with van der Waals surface area (Å²) in [6, 6.07) is 1.88. The number of rotatable bonds is 0. The van der Waals surface area contributed by atoms with Crippen molar-refractivity contribution in [1.82, 2.24) is 4.98 Å². The van der Waals surface area contributed by atoms with Gasteiger partial charge in [-0.2, -0.15) is 0 Å². The third-order valence-electron chi connectivity index (χ3n) is 1.33. The fourth-order valence-electron chi connectivity index (χ4n) is 0.868. The van der Waals surface area contributed by atoms with Crippen molar-refractivity contribution >= 4 is 33.2 Å². The maximum absolute atomic E-state index is 9.05. The molecule has 2 heterocycles. The van der Waals surface area contributed by atoms with Crippen molar-refractivity contribution in [3.05, 3.63) is 16.5 Å². The Labute approximate surface area is 66.1 Å². The maximum Gasteiger partial charge on any atom is 0.209 e. The van der Waals surface area contributed by atoms with Crippen LogP contribution >= 0.6 is 22.9 Å². The number of aromatic nitrogens is 1. The molecule has 0 aliphatic heterocycles. The number of hydrogen-bond donors (Lipinski definition) is 2. The summed E-state index contributed by atoms with van der Waals surface area (Å²) < 4.78 is 0.916. The van der Waals surface area contributed by atoms with Crippen LogP contribution in [0.3, 0.4) is 0 Å². The molecular weight excluding hydrogens is 170 g/mol. The Morgan fingerprint density at radius 2 is 2.40 bits per heavy atom. The van der Waals surface area contributed by atoms with Crippen LogP contribution in [-0.2, 0) is 0 Å². The van der Waals surface area contributed by atoms with Gasteiger partial charge in [0.2, 0.25) is 5.88 Å². The zero-order valence-corrected chi connectivity index (χ0v) is 6.46. The summed E-state index contributed by atoms with van der Waals surface area (Å²) in [5.41, 5.74) is 0.896. The number of H-pyrrole nitrogens is 1. The lowest BCUT2D eigenvalue weighted by molar-refractivity contribution is 0.459. The zero-order chi connectivity index (χ0) is 7.14. The SMILES string of the molecule is Oc1[nH]c2ccsc2c1Cl. The molecule has 0 saturated carbocycles. The van der Waals surface area contributed by atoms with Crippen molar-refractivity contribution in [3.8, 4) is 5.88 Å². The molecule has 4 heteroatoms. The van der Waals surface area contributed by atoms with Crippen LogP contribution in [0, 0.1) is 0 Å². The van der Waals surface area contributed by atoms with Gasteiger partial charge in [-0.05, 0) is 11.4 Å². The topological polar surface area (TPSA) is 36.0 Å². The second-order valence-electron chi connectivity index (χ2n) is 1.95. The van der Waals surface area contributed by atoms with Gasteiger partial charge >= 0.3 is 0 Å².